The molecule has 118 valence electrons. The summed E-state index contributed by atoms with van der Waals surface area (Å²) >= 11 is 1.60. The van der Waals surface area contributed by atoms with Crippen LogP contribution in [0.25, 0.3) is 0 Å². The van der Waals surface area contributed by atoms with Crippen LogP contribution in [0.5, 0.6) is 0 Å². The molecule has 3 fully saturated rings. The van der Waals surface area contributed by atoms with Crippen LogP contribution >= 0.6 is 23.9 Å². The van der Waals surface area contributed by atoms with Crippen LogP contribution in [-0.2, 0) is 0 Å². The molecule has 3 atom stereocenters. The van der Waals surface area contributed by atoms with Gasteiger partial charge in [0.05, 0.1) is 0 Å². The van der Waals surface area contributed by atoms with Gasteiger partial charge in [-0.1, -0.05) is 19.3 Å². The molecule has 0 radical (unpaired) electrons. The highest BCUT2D eigenvalue weighted by Gasteiger charge is 2.39. The van der Waals surface area contributed by atoms with Crippen LogP contribution in [0.4, 0.5) is 5.13 Å². The van der Waals surface area contributed by atoms with Gasteiger partial charge >= 0.3 is 0 Å². The lowest BCUT2D eigenvalue weighted by Gasteiger charge is -2.29. The number of aromatic nitrogens is 2. The van der Waals surface area contributed by atoms with Gasteiger partial charge in [-0.15, -0.1) is 12.4 Å². The molecule has 6 heteroatoms. The molecule has 1 saturated heterocycles. The summed E-state index contributed by atoms with van der Waals surface area (Å²) in [4.78, 5) is 7.30. The Kier molecular flexibility index (Phi) is 4.71. The molecule has 4 nitrogen and oxygen atoms in total. The molecule has 2 saturated carbocycles. The summed E-state index contributed by atoms with van der Waals surface area (Å²) in [7, 11) is 0. The minimum Gasteiger partial charge on any atom is -0.346 e. The van der Waals surface area contributed by atoms with Crippen LogP contribution in [0, 0.1) is 11.8 Å². The number of nitrogens with zero attached hydrogens (tertiary/aromatic N) is 3. The molecule has 2 N–H and O–H groups in total. The molecular formula is C15H25ClN4S. The fourth-order valence-electron chi connectivity index (χ4n) is 4.38. The Bertz CT molecular complexity index is 474. The van der Waals surface area contributed by atoms with Crippen molar-refractivity contribution in [3.63, 3.8) is 0 Å². The zero-order chi connectivity index (χ0) is 13.5. The van der Waals surface area contributed by atoms with Crippen LogP contribution in [0.1, 0.15) is 56.7 Å². The standard InChI is InChI=1S/C15H24N4S.ClH/c16-13-7-3-6-11-8-19(9-12(11)13)15-17-14(18-20-15)10-4-1-2-5-10;/h10-13H,1-9,16H2;1H. The number of hydrogen-bond acceptors (Lipinski definition) is 5. The Labute approximate surface area is 137 Å². The Hall–Kier alpha value is -0.390. The molecule has 21 heavy (non-hydrogen) atoms. The first-order valence-corrected chi connectivity index (χ1v) is 8.93. The zero-order valence-electron chi connectivity index (χ0n) is 12.4. The summed E-state index contributed by atoms with van der Waals surface area (Å²) in [6, 6.07) is 0.404. The molecule has 1 aliphatic heterocycles. The smallest absolute Gasteiger partial charge is 0.205 e. The van der Waals surface area contributed by atoms with Crippen molar-refractivity contribution in [2.24, 2.45) is 17.6 Å². The van der Waals surface area contributed by atoms with E-state index in [0.717, 1.165) is 30.0 Å². The molecule has 0 amide bonds. The lowest BCUT2D eigenvalue weighted by atomic mass is 9.78. The first kappa shape index (κ1) is 15.5. The maximum absolute atomic E-state index is 6.31. The maximum atomic E-state index is 6.31. The van der Waals surface area contributed by atoms with Crippen molar-refractivity contribution in [3.05, 3.63) is 5.82 Å². The van der Waals surface area contributed by atoms with Crippen LogP contribution in [0.3, 0.4) is 0 Å². The van der Waals surface area contributed by atoms with Crippen LogP contribution < -0.4 is 10.6 Å². The average Bonchev–Trinajstić information content (AvgIpc) is 3.18. The average molecular weight is 329 g/mol. The Morgan fingerprint density at radius 3 is 2.62 bits per heavy atom. The minimum absolute atomic E-state index is 0. The number of nitrogens with two attached hydrogens (primary N) is 1. The monoisotopic (exact) mass is 328 g/mol. The Morgan fingerprint density at radius 2 is 1.86 bits per heavy atom. The van der Waals surface area contributed by atoms with Crippen molar-refractivity contribution in [1.82, 2.24) is 9.36 Å². The topological polar surface area (TPSA) is 55.0 Å². The summed E-state index contributed by atoms with van der Waals surface area (Å²) in [5.74, 6) is 3.22. The Balaban J connectivity index is 0.00000132. The van der Waals surface area contributed by atoms with Gasteiger partial charge in [0.2, 0.25) is 5.13 Å². The van der Waals surface area contributed by atoms with Crippen LogP contribution in [0.2, 0.25) is 0 Å². The molecule has 4 rings (SSSR count). The second-order valence-electron chi connectivity index (χ2n) is 6.84. The third kappa shape index (κ3) is 2.92. The molecule has 1 aromatic heterocycles. The van der Waals surface area contributed by atoms with Crippen molar-refractivity contribution in [2.75, 3.05) is 18.0 Å². The van der Waals surface area contributed by atoms with Crippen molar-refractivity contribution < 1.29 is 0 Å². The van der Waals surface area contributed by atoms with Crippen LogP contribution in [-0.4, -0.2) is 28.5 Å². The van der Waals surface area contributed by atoms with Crippen molar-refractivity contribution in [1.29, 1.82) is 0 Å². The van der Waals surface area contributed by atoms with E-state index in [0.29, 0.717) is 17.9 Å². The second-order valence-corrected chi connectivity index (χ2v) is 7.57. The fourth-order valence-corrected chi connectivity index (χ4v) is 5.14. The van der Waals surface area contributed by atoms with Gasteiger partial charge in [0.25, 0.3) is 0 Å². The minimum atomic E-state index is 0. The van der Waals surface area contributed by atoms with Crippen molar-refractivity contribution in [2.45, 2.75) is 56.9 Å². The first-order chi connectivity index (χ1) is 9.81. The van der Waals surface area contributed by atoms with E-state index in [-0.39, 0.29) is 12.4 Å². The molecule has 3 aliphatic rings. The third-order valence-corrected chi connectivity index (χ3v) is 6.37. The number of halogens is 1. The van der Waals surface area contributed by atoms with E-state index in [2.05, 4.69) is 9.27 Å². The normalized spacial score (nSPS) is 33.0. The molecule has 0 aromatic carbocycles. The second kappa shape index (κ2) is 6.39. The number of fused-ring (bicyclic) bond motifs is 1. The third-order valence-electron chi connectivity index (χ3n) is 5.58. The molecule has 1 aromatic rings. The number of anilines is 1. The predicted molar refractivity (Wildman–Crippen MR) is 89.4 cm³/mol. The van der Waals surface area contributed by atoms with Gasteiger partial charge in [-0.05, 0) is 37.5 Å². The maximum Gasteiger partial charge on any atom is 0.205 e. The molecule has 0 spiro atoms. The number of rotatable bonds is 2. The van der Waals surface area contributed by atoms with Gasteiger partial charge in [0, 0.05) is 36.6 Å². The summed E-state index contributed by atoms with van der Waals surface area (Å²) in [5, 5.41) is 1.15. The van der Waals surface area contributed by atoms with E-state index >= 15 is 0 Å². The molecule has 3 unspecified atom stereocenters. The van der Waals surface area contributed by atoms with Gasteiger partial charge < -0.3 is 10.6 Å². The summed E-state index contributed by atoms with van der Waals surface area (Å²) in [6.07, 6.45) is 9.13. The van der Waals surface area contributed by atoms with Crippen LogP contribution in [0.15, 0.2) is 0 Å². The highest BCUT2D eigenvalue weighted by molar-refractivity contribution is 7.09. The quantitative estimate of drug-likeness (QED) is 0.906. The van der Waals surface area contributed by atoms with E-state index in [9.17, 15) is 0 Å². The molecule has 0 bridgehead atoms. The number of hydrogen-bond donors (Lipinski definition) is 1. The van der Waals surface area contributed by atoms with Gasteiger partial charge in [-0.2, -0.15) is 4.37 Å². The predicted octanol–water partition coefficient (Wildman–Crippen LogP) is 3.18. The lowest BCUT2D eigenvalue weighted by Crippen LogP contribution is -2.38. The van der Waals surface area contributed by atoms with Gasteiger partial charge in [0.15, 0.2) is 0 Å². The largest absolute Gasteiger partial charge is 0.346 e. The Morgan fingerprint density at radius 1 is 1.05 bits per heavy atom. The molecule has 2 aliphatic carbocycles. The van der Waals surface area contributed by atoms with Crippen molar-refractivity contribution in [3.8, 4) is 0 Å². The van der Waals surface area contributed by atoms with Gasteiger partial charge in [0.1, 0.15) is 5.82 Å². The van der Waals surface area contributed by atoms with E-state index in [1.807, 2.05) is 0 Å². The van der Waals surface area contributed by atoms with E-state index in [1.54, 1.807) is 11.5 Å². The lowest BCUT2D eigenvalue weighted by molar-refractivity contribution is 0.260. The van der Waals surface area contributed by atoms with Crippen molar-refractivity contribution >= 4 is 29.1 Å². The van der Waals surface area contributed by atoms with Gasteiger partial charge in [-0.3, -0.25) is 0 Å². The summed E-state index contributed by atoms with van der Waals surface area (Å²) < 4.78 is 4.64. The highest BCUT2D eigenvalue weighted by Crippen LogP contribution is 2.39. The summed E-state index contributed by atoms with van der Waals surface area (Å²) in [5.41, 5.74) is 6.31. The zero-order valence-corrected chi connectivity index (χ0v) is 14.0. The fraction of sp³-hybridized carbons (Fsp3) is 0.867. The first-order valence-electron chi connectivity index (χ1n) is 8.15. The summed E-state index contributed by atoms with van der Waals surface area (Å²) in [6.45, 7) is 2.25. The van der Waals surface area contributed by atoms with E-state index in [4.69, 9.17) is 10.7 Å². The molecular weight excluding hydrogens is 304 g/mol. The van der Waals surface area contributed by atoms with E-state index in [1.165, 1.54) is 44.9 Å². The van der Waals surface area contributed by atoms with E-state index < -0.39 is 0 Å². The SMILES string of the molecule is Cl.NC1CCCC2CN(c3nc(C4CCCC4)ns3)CC12. The molecule has 2 heterocycles. The highest BCUT2D eigenvalue weighted by atomic mass is 35.5. The van der Waals surface area contributed by atoms with Gasteiger partial charge in [-0.25, -0.2) is 4.98 Å².